The molecule has 1 aliphatic carbocycles. The van der Waals surface area contributed by atoms with Crippen molar-refractivity contribution in [2.45, 2.75) is 51.4 Å². The number of ether oxygens (including phenoxy) is 1. The van der Waals surface area contributed by atoms with Gasteiger partial charge in [0.1, 0.15) is 0 Å². The molecular weight excluding hydrogens is 337 g/mol. The monoisotopic (exact) mass is 362 g/mol. The van der Waals surface area contributed by atoms with E-state index >= 15 is 0 Å². The highest BCUT2D eigenvalue weighted by Crippen LogP contribution is 2.38. The quantitative estimate of drug-likeness (QED) is 0.604. The molecule has 140 valence electrons. The van der Waals surface area contributed by atoms with Gasteiger partial charge in [-0.15, -0.1) is 0 Å². The van der Waals surface area contributed by atoms with Crippen molar-refractivity contribution in [1.82, 2.24) is 0 Å². The number of halogens is 3. The number of hydrogen-bond donors (Lipinski definition) is 0. The minimum atomic E-state index is -0.729. The Morgan fingerprint density at radius 1 is 0.962 bits per heavy atom. The van der Waals surface area contributed by atoms with E-state index in [1.54, 1.807) is 31.2 Å². The first-order valence-electron chi connectivity index (χ1n) is 9.26. The molecule has 1 aliphatic rings. The van der Waals surface area contributed by atoms with Crippen LogP contribution in [-0.2, 0) is 6.42 Å². The van der Waals surface area contributed by atoms with Gasteiger partial charge in [0, 0.05) is 0 Å². The zero-order chi connectivity index (χ0) is 18.7. The van der Waals surface area contributed by atoms with Gasteiger partial charge in [0.05, 0.1) is 7.11 Å². The Labute approximate surface area is 153 Å². The van der Waals surface area contributed by atoms with Crippen LogP contribution in [-0.4, -0.2) is 7.11 Å². The van der Waals surface area contributed by atoms with E-state index in [0.29, 0.717) is 29.4 Å². The van der Waals surface area contributed by atoms with Gasteiger partial charge < -0.3 is 4.74 Å². The Kier molecular flexibility index (Phi) is 5.90. The summed E-state index contributed by atoms with van der Waals surface area (Å²) in [7, 11) is 1.46. The Balaban J connectivity index is 1.54. The lowest BCUT2D eigenvalue weighted by molar-refractivity contribution is 0.308. The first kappa shape index (κ1) is 18.8. The van der Waals surface area contributed by atoms with Crippen LogP contribution in [0, 0.1) is 30.3 Å². The smallest absolute Gasteiger partial charge is 0.165 e. The van der Waals surface area contributed by atoms with E-state index in [0.717, 1.165) is 37.7 Å². The fourth-order valence-electron chi connectivity index (χ4n) is 3.96. The van der Waals surface area contributed by atoms with E-state index in [-0.39, 0.29) is 11.6 Å². The van der Waals surface area contributed by atoms with Gasteiger partial charge in [0.25, 0.3) is 0 Å². The number of aryl methyl sites for hydroxylation is 2. The molecule has 0 amide bonds. The predicted octanol–water partition coefficient (Wildman–Crippen LogP) is 6.33. The Morgan fingerprint density at radius 3 is 2.35 bits per heavy atom. The van der Waals surface area contributed by atoms with Gasteiger partial charge >= 0.3 is 0 Å². The third kappa shape index (κ3) is 4.05. The molecule has 0 spiro atoms. The van der Waals surface area contributed by atoms with Crippen LogP contribution >= 0.6 is 0 Å². The molecule has 1 nitrogen and oxygen atoms in total. The third-order valence-electron chi connectivity index (χ3n) is 5.67. The van der Waals surface area contributed by atoms with Crippen LogP contribution in [0.15, 0.2) is 30.3 Å². The maximum atomic E-state index is 14.0. The Hall–Kier alpha value is -1.97. The second-order valence-electron chi connectivity index (χ2n) is 7.32. The van der Waals surface area contributed by atoms with Crippen molar-refractivity contribution in [3.63, 3.8) is 0 Å². The molecule has 2 aromatic rings. The first-order chi connectivity index (χ1) is 12.5. The normalized spacial score (nSPS) is 20.2. The van der Waals surface area contributed by atoms with Crippen LogP contribution in [0.3, 0.4) is 0 Å². The molecule has 0 radical (unpaired) electrons. The van der Waals surface area contributed by atoms with E-state index in [1.165, 1.54) is 7.11 Å². The molecule has 1 saturated carbocycles. The number of hydrogen-bond acceptors (Lipinski definition) is 1. The summed E-state index contributed by atoms with van der Waals surface area (Å²) in [5, 5.41) is 0. The molecule has 0 N–H and O–H groups in total. The van der Waals surface area contributed by atoms with Crippen LogP contribution in [0.5, 0.6) is 5.75 Å². The summed E-state index contributed by atoms with van der Waals surface area (Å²) in [6.07, 6.45) is 5.50. The van der Waals surface area contributed by atoms with Gasteiger partial charge in [0.2, 0.25) is 0 Å². The predicted molar refractivity (Wildman–Crippen MR) is 97.1 cm³/mol. The van der Waals surface area contributed by atoms with Crippen molar-refractivity contribution in [3.05, 3.63) is 64.5 Å². The number of benzene rings is 2. The van der Waals surface area contributed by atoms with Crippen LogP contribution < -0.4 is 4.74 Å². The zero-order valence-electron chi connectivity index (χ0n) is 15.3. The molecule has 0 aromatic heterocycles. The minimum absolute atomic E-state index is 0.273. The molecule has 1 fully saturated rings. The lowest BCUT2D eigenvalue weighted by Gasteiger charge is -2.29. The second kappa shape index (κ2) is 8.15. The maximum Gasteiger partial charge on any atom is 0.165 e. The minimum Gasteiger partial charge on any atom is -0.494 e. The summed E-state index contributed by atoms with van der Waals surface area (Å²) >= 11 is 0. The fourth-order valence-corrected chi connectivity index (χ4v) is 3.96. The standard InChI is InChI=1S/C22H25F3O/c1-14-3-7-17(22(25)21(14)24)10-6-15-4-8-16(9-5-15)18-11-12-20(26-2)19(23)13-18/h3,7,11-13,15-16H,4-6,8-10H2,1-2H3. The molecule has 0 aliphatic heterocycles. The Morgan fingerprint density at radius 2 is 1.69 bits per heavy atom. The van der Waals surface area contributed by atoms with Gasteiger partial charge in [0.15, 0.2) is 23.2 Å². The summed E-state index contributed by atoms with van der Waals surface area (Å²) in [5.41, 5.74) is 1.83. The molecule has 0 bridgehead atoms. The average molecular weight is 362 g/mol. The first-order valence-corrected chi connectivity index (χ1v) is 9.26. The fraction of sp³-hybridized carbons (Fsp3) is 0.455. The highest BCUT2D eigenvalue weighted by atomic mass is 19.2. The van der Waals surface area contributed by atoms with E-state index in [4.69, 9.17) is 4.74 Å². The molecule has 3 rings (SSSR count). The molecule has 26 heavy (non-hydrogen) atoms. The SMILES string of the molecule is COc1ccc(C2CCC(CCc3ccc(C)c(F)c3F)CC2)cc1F. The average Bonchev–Trinajstić information content (AvgIpc) is 2.66. The topological polar surface area (TPSA) is 9.23 Å². The largest absolute Gasteiger partial charge is 0.494 e. The van der Waals surface area contributed by atoms with E-state index < -0.39 is 11.6 Å². The maximum absolute atomic E-state index is 14.0. The van der Waals surface area contributed by atoms with Crippen molar-refractivity contribution in [1.29, 1.82) is 0 Å². The summed E-state index contributed by atoms with van der Waals surface area (Å²) in [4.78, 5) is 0. The van der Waals surface area contributed by atoms with Crippen molar-refractivity contribution in [3.8, 4) is 5.75 Å². The highest BCUT2D eigenvalue weighted by molar-refractivity contribution is 5.31. The number of rotatable bonds is 5. The summed E-state index contributed by atoms with van der Waals surface area (Å²) in [6.45, 7) is 1.57. The summed E-state index contributed by atoms with van der Waals surface area (Å²) < 4.78 is 46.5. The summed E-state index contributed by atoms with van der Waals surface area (Å²) in [6, 6.07) is 8.54. The van der Waals surface area contributed by atoms with Gasteiger partial charge in [-0.05, 0) is 86.1 Å². The van der Waals surface area contributed by atoms with E-state index in [9.17, 15) is 13.2 Å². The molecule has 0 atom stereocenters. The molecule has 0 unspecified atom stereocenters. The highest BCUT2D eigenvalue weighted by Gasteiger charge is 2.23. The lowest BCUT2D eigenvalue weighted by Crippen LogP contribution is -2.14. The van der Waals surface area contributed by atoms with Gasteiger partial charge in [-0.3, -0.25) is 0 Å². The Bertz CT molecular complexity index is 764. The molecule has 0 saturated heterocycles. The lowest BCUT2D eigenvalue weighted by atomic mass is 9.77. The second-order valence-corrected chi connectivity index (χ2v) is 7.32. The van der Waals surface area contributed by atoms with Gasteiger partial charge in [-0.2, -0.15) is 0 Å². The molecule has 2 aromatic carbocycles. The van der Waals surface area contributed by atoms with Crippen LogP contribution in [0.25, 0.3) is 0 Å². The van der Waals surface area contributed by atoms with Crippen molar-refractivity contribution >= 4 is 0 Å². The van der Waals surface area contributed by atoms with Crippen LogP contribution in [0.1, 0.15) is 54.7 Å². The number of methoxy groups -OCH3 is 1. The van der Waals surface area contributed by atoms with Crippen molar-refractivity contribution < 1.29 is 17.9 Å². The van der Waals surface area contributed by atoms with Crippen LogP contribution in [0.4, 0.5) is 13.2 Å². The van der Waals surface area contributed by atoms with Crippen molar-refractivity contribution in [2.24, 2.45) is 5.92 Å². The van der Waals surface area contributed by atoms with Crippen molar-refractivity contribution in [2.75, 3.05) is 7.11 Å². The van der Waals surface area contributed by atoms with Crippen LogP contribution in [0.2, 0.25) is 0 Å². The molecule has 0 heterocycles. The molecular formula is C22H25F3O. The van der Waals surface area contributed by atoms with Gasteiger partial charge in [-0.25, -0.2) is 13.2 Å². The third-order valence-corrected chi connectivity index (χ3v) is 5.67. The van der Waals surface area contributed by atoms with E-state index in [2.05, 4.69) is 0 Å². The van der Waals surface area contributed by atoms with E-state index in [1.807, 2.05) is 6.07 Å². The zero-order valence-corrected chi connectivity index (χ0v) is 15.3. The summed E-state index contributed by atoms with van der Waals surface area (Å²) in [5.74, 6) is -0.600. The van der Waals surface area contributed by atoms with Gasteiger partial charge in [-0.1, -0.05) is 18.2 Å². The molecule has 4 heteroatoms.